The first-order valence-electron chi connectivity index (χ1n) is 9.12. The number of aryl methyl sites for hydroxylation is 1. The topological polar surface area (TPSA) is 76.1 Å². The Labute approximate surface area is 165 Å². The van der Waals surface area contributed by atoms with Crippen molar-refractivity contribution < 1.29 is 9.53 Å². The van der Waals surface area contributed by atoms with Gasteiger partial charge in [0, 0.05) is 17.1 Å². The summed E-state index contributed by atoms with van der Waals surface area (Å²) in [5.41, 5.74) is 3.77. The molecular formula is C22H24N4O2. The van der Waals surface area contributed by atoms with Gasteiger partial charge in [0.15, 0.2) is 0 Å². The minimum atomic E-state index is -0.277. The molecule has 28 heavy (non-hydrogen) atoms. The van der Waals surface area contributed by atoms with Gasteiger partial charge in [0.25, 0.3) is 5.91 Å². The molecule has 0 fully saturated rings. The molecule has 0 saturated heterocycles. The zero-order valence-electron chi connectivity index (χ0n) is 16.5. The van der Waals surface area contributed by atoms with E-state index >= 15 is 0 Å². The zero-order valence-corrected chi connectivity index (χ0v) is 16.5. The molecule has 2 N–H and O–H groups in total. The normalized spacial score (nSPS) is 10.6. The number of benzene rings is 2. The molecule has 0 atom stereocenters. The van der Waals surface area contributed by atoms with E-state index in [9.17, 15) is 4.79 Å². The molecule has 1 heterocycles. The first-order chi connectivity index (χ1) is 13.4. The van der Waals surface area contributed by atoms with Gasteiger partial charge in [-0.05, 0) is 60.9 Å². The molecule has 144 valence electrons. The van der Waals surface area contributed by atoms with Gasteiger partial charge in [-0.1, -0.05) is 26.0 Å². The maximum atomic E-state index is 12.6. The summed E-state index contributed by atoms with van der Waals surface area (Å²) in [5.74, 6) is 1.30. The number of hydrogen-bond acceptors (Lipinski definition) is 5. The van der Waals surface area contributed by atoms with Gasteiger partial charge in [0.05, 0.1) is 7.11 Å². The third-order valence-corrected chi connectivity index (χ3v) is 4.27. The zero-order chi connectivity index (χ0) is 20.1. The molecule has 3 rings (SSSR count). The smallest absolute Gasteiger partial charge is 0.274 e. The fourth-order valence-corrected chi connectivity index (χ4v) is 2.69. The maximum Gasteiger partial charge on any atom is 0.274 e. The molecule has 2 aromatic carbocycles. The van der Waals surface area contributed by atoms with Gasteiger partial charge in [0.1, 0.15) is 11.4 Å². The highest BCUT2D eigenvalue weighted by Gasteiger charge is 2.12. The minimum absolute atomic E-state index is 0.277. The lowest BCUT2D eigenvalue weighted by atomic mass is 10.0. The Kier molecular flexibility index (Phi) is 5.89. The van der Waals surface area contributed by atoms with Crippen LogP contribution in [0.1, 0.15) is 41.5 Å². The lowest BCUT2D eigenvalue weighted by molar-refractivity contribution is 0.102. The van der Waals surface area contributed by atoms with Crippen molar-refractivity contribution in [3.63, 3.8) is 0 Å². The van der Waals surface area contributed by atoms with Crippen LogP contribution in [0.2, 0.25) is 0 Å². The fraction of sp³-hybridized carbons (Fsp3) is 0.227. The molecule has 0 spiro atoms. The molecule has 0 saturated carbocycles. The Morgan fingerprint density at radius 3 is 2.21 bits per heavy atom. The summed E-state index contributed by atoms with van der Waals surface area (Å²) in [5, 5.41) is 6.00. The molecule has 0 radical (unpaired) electrons. The summed E-state index contributed by atoms with van der Waals surface area (Å²) in [6.07, 6.45) is 0. The van der Waals surface area contributed by atoms with Gasteiger partial charge in [0.2, 0.25) is 5.95 Å². The van der Waals surface area contributed by atoms with Gasteiger partial charge >= 0.3 is 0 Å². The number of nitrogens with one attached hydrogen (secondary N) is 2. The van der Waals surface area contributed by atoms with Gasteiger partial charge in [-0.2, -0.15) is 0 Å². The second kappa shape index (κ2) is 8.52. The molecule has 0 bridgehead atoms. The van der Waals surface area contributed by atoms with E-state index in [0.29, 0.717) is 23.3 Å². The number of ether oxygens (including phenoxy) is 1. The highest BCUT2D eigenvalue weighted by molar-refractivity contribution is 6.03. The van der Waals surface area contributed by atoms with Crippen LogP contribution >= 0.6 is 0 Å². The van der Waals surface area contributed by atoms with Gasteiger partial charge in [-0.15, -0.1) is 0 Å². The standard InChI is InChI=1S/C22H24N4O2/c1-14(2)16-5-7-17(8-6-16)24-21(27)20-13-15(3)23-22(26-20)25-18-9-11-19(28-4)12-10-18/h5-14H,1-4H3,(H,24,27)(H,23,25,26). The van der Waals surface area contributed by atoms with E-state index in [4.69, 9.17) is 4.74 Å². The lowest BCUT2D eigenvalue weighted by Crippen LogP contribution is -2.15. The minimum Gasteiger partial charge on any atom is -0.497 e. The second-order valence-electron chi connectivity index (χ2n) is 6.80. The summed E-state index contributed by atoms with van der Waals surface area (Å²) in [6, 6.07) is 16.9. The third-order valence-electron chi connectivity index (χ3n) is 4.27. The molecule has 1 aromatic heterocycles. The van der Waals surface area contributed by atoms with Gasteiger partial charge in [-0.25, -0.2) is 9.97 Å². The van der Waals surface area contributed by atoms with Gasteiger partial charge in [-0.3, -0.25) is 4.79 Å². The summed E-state index contributed by atoms with van der Waals surface area (Å²) in [7, 11) is 1.62. The number of hydrogen-bond donors (Lipinski definition) is 2. The first-order valence-corrected chi connectivity index (χ1v) is 9.12. The molecule has 0 unspecified atom stereocenters. The van der Waals surface area contributed by atoms with Crippen LogP contribution in [0.3, 0.4) is 0 Å². The van der Waals surface area contributed by atoms with Crippen molar-refractivity contribution in [1.29, 1.82) is 0 Å². The Balaban J connectivity index is 1.75. The number of aromatic nitrogens is 2. The van der Waals surface area contributed by atoms with E-state index in [1.54, 1.807) is 13.2 Å². The van der Waals surface area contributed by atoms with Crippen LogP contribution in [0.15, 0.2) is 54.6 Å². The predicted molar refractivity (Wildman–Crippen MR) is 112 cm³/mol. The number of carbonyl (C=O) groups is 1. The Bertz CT molecular complexity index is 951. The molecule has 6 nitrogen and oxygen atoms in total. The molecule has 0 aliphatic carbocycles. The SMILES string of the molecule is COc1ccc(Nc2nc(C)cc(C(=O)Nc3ccc(C(C)C)cc3)n2)cc1. The van der Waals surface area contributed by atoms with E-state index < -0.39 is 0 Å². The summed E-state index contributed by atoms with van der Waals surface area (Å²) < 4.78 is 5.15. The van der Waals surface area contributed by atoms with Crippen molar-refractivity contribution in [2.24, 2.45) is 0 Å². The van der Waals surface area contributed by atoms with Crippen molar-refractivity contribution in [3.05, 3.63) is 71.5 Å². The van der Waals surface area contributed by atoms with Crippen LogP contribution in [0.25, 0.3) is 0 Å². The molecular weight excluding hydrogens is 352 g/mol. The summed E-state index contributed by atoms with van der Waals surface area (Å²) in [6.45, 7) is 6.10. The Morgan fingerprint density at radius 1 is 0.964 bits per heavy atom. The first kappa shape index (κ1) is 19.4. The third kappa shape index (κ3) is 4.85. The van der Waals surface area contributed by atoms with Crippen molar-refractivity contribution in [1.82, 2.24) is 9.97 Å². The Hall–Kier alpha value is -3.41. The van der Waals surface area contributed by atoms with Crippen LogP contribution in [0, 0.1) is 6.92 Å². The average molecular weight is 376 g/mol. The number of amides is 1. The maximum absolute atomic E-state index is 12.6. The van der Waals surface area contributed by atoms with Crippen molar-refractivity contribution in [3.8, 4) is 5.75 Å². The highest BCUT2D eigenvalue weighted by atomic mass is 16.5. The molecule has 6 heteroatoms. The molecule has 1 amide bonds. The van der Waals surface area contributed by atoms with E-state index in [-0.39, 0.29) is 5.91 Å². The van der Waals surface area contributed by atoms with Crippen molar-refractivity contribution >= 4 is 23.2 Å². The monoisotopic (exact) mass is 376 g/mol. The van der Waals surface area contributed by atoms with E-state index in [2.05, 4.69) is 34.4 Å². The average Bonchev–Trinajstić information content (AvgIpc) is 2.68. The molecule has 0 aliphatic rings. The van der Waals surface area contributed by atoms with Crippen LogP contribution in [-0.4, -0.2) is 23.0 Å². The van der Waals surface area contributed by atoms with Crippen LogP contribution in [-0.2, 0) is 0 Å². The predicted octanol–water partition coefficient (Wildman–Crippen LogP) is 4.91. The quantitative estimate of drug-likeness (QED) is 0.639. The van der Waals surface area contributed by atoms with E-state index in [0.717, 1.165) is 17.1 Å². The van der Waals surface area contributed by atoms with Crippen LogP contribution in [0.5, 0.6) is 5.75 Å². The van der Waals surface area contributed by atoms with Crippen LogP contribution < -0.4 is 15.4 Å². The summed E-state index contributed by atoms with van der Waals surface area (Å²) >= 11 is 0. The number of methoxy groups -OCH3 is 1. The summed E-state index contributed by atoms with van der Waals surface area (Å²) in [4.78, 5) is 21.3. The van der Waals surface area contributed by atoms with Crippen LogP contribution in [0.4, 0.5) is 17.3 Å². The largest absolute Gasteiger partial charge is 0.497 e. The fourth-order valence-electron chi connectivity index (χ4n) is 2.69. The molecule has 0 aliphatic heterocycles. The highest BCUT2D eigenvalue weighted by Crippen LogP contribution is 2.20. The van der Waals surface area contributed by atoms with Crippen molar-refractivity contribution in [2.45, 2.75) is 26.7 Å². The number of carbonyl (C=O) groups excluding carboxylic acids is 1. The van der Waals surface area contributed by atoms with E-state index in [1.807, 2.05) is 55.5 Å². The lowest BCUT2D eigenvalue weighted by Gasteiger charge is -2.10. The number of rotatable bonds is 6. The second-order valence-corrected chi connectivity index (χ2v) is 6.80. The van der Waals surface area contributed by atoms with E-state index in [1.165, 1.54) is 5.56 Å². The number of anilines is 3. The molecule has 3 aromatic rings. The Morgan fingerprint density at radius 2 is 1.61 bits per heavy atom. The van der Waals surface area contributed by atoms with Gasteiger partial charge < -0.3 is 15.4 Å². The van der Waals surface area contributed by atoms with Crippen molar-refractivity contribution in [2.75, 3.05) is 17.7 Å². The number of nitrogens with zero attached hydrogens (tertiary/aromatic N) is 2.